The molecule has 8 nitrogen and oxygen atoms in total. The Morgan fingerprint density at radius 2 is 2.14 bits per heavy atom. The molecule has 3 aromatic rings. The van der Waals surface area contributed by atoms with Gasteiger partial charge in [0.05, 0.1) is 24.6 Å². The lowest BCUT2D eigenvalue weighted by Crippen LogP contribution is -2.38. The first-order valence-electron chi connectivity index (χ1n) is 9.63. The molecular weight excluding hydrogens is 485 g/mol. The van der Waals surface area contributed by atoms with Crippen LogP contribution < -0.4 is 5.32 Å². The number of halogens is 1. The molecular formula is C20H22IN5O3. The Morgan fingerprint density at radius 1 is 1.31 bits per heavy atom. The van der Waals surface area contributed by atoms with Gasteiger partial charge < -0.3 is 25.2 Å². The van der Waals surface area contributed by atoms with Gasteiger partial charge in [0.15, 0.2) is 11.5 Å². The quantitative estimate of drug-likeness (QED) is 0.389. The van der Waals surface area contributed by atoms with Crippen molar-refractivity contribution < 1.29 is 15.3 Å². The van der Waals surface area contributed by atoms with Crippen LogP contribution in [-0.4, -0.2) is 53.2 Å². The number of hydrogen-bond acceptors (Lipinski definition) is 7. The van der Waals surface area contributed by atoms with Gasteiger partial charge in [0.1, 0.15) is 17.9 Å². The molecule has 2 heterocycles. The molecule has 0 spiro atoms. The molecule has 0 aliphatic heterocycles. The fourth-order valence-electron chi connectivity index (χ4n) is 4.96. The van der Waals surface area contributed by atoms with Crippen LogP contribution in [0.3, 0.4) is 0 Å². The third-order valence-corrected chi connectivity index (χ3v) is 7.22. The molecule has 5 rings (SSSR count). The van der Waals surface area contributed by atoms with Crippen molar-refractivity contribution in [2.24, 2.45) is 11.3 Å². The molecule has 2 aliphatic rings. The van der Waals surface area contributed by atoms with Crippen LogP contribution in [0.1, 0.15) is 24.9 Å². The second kappa shape index (κ2) is 6.86. The van der Waals surface area contributed by atoms with Crippen molar-refractivity contribution in [2.75, 3.05) is 5.32 Å². The number of fused-ring (bicyclic) bond motifs is 2. The van der Waals surface area contributed by atoms with Crippen molar-refractivity contribution in [2.45, 2.75) is 44.2 Å². The molecule has 0 amide bonds. The lowest BCUT2D eigenvalue weighted by molar-refractivity contribution is -0.0500. The number of hydrogen-bond donors (Lipinski definition) is 4. The molecule has 1 aromatic carbocycles. The van der Waals surface area contributed by atoms with E-state index in [9.17, 15) is 15.3 Å². The Hall–Kier alpha value is -1.82. The molecule has 9 heteroatoms. The molecule has 6 atom stereocenters. The standard InChI is InChI=1S/C20H22IN5O3/c1-10(27)20-6-13(20)15(16(28)17(20)29)26-9-25-14-18(23-8-24-19(14)26)22-7-11-3-2-4-12(21)5-11/h2-5,8-10,13,15-17,27-29H,6-7H2,1H3,(H,22,23,24). The minimum Gasteiger partial charge on any atom is -0.393 e. The van der Waals surface area contributed by atoms with Crippen LogP contribution in [0, 0.1) is 14.9 Å². The molecule has 0 radical (unpaired) electrons. The van der Waals surface area contributed by atoms with Crippen LogP contribution >= 0.6 is 22.6 Å². The van der Waals surface area contributed by atoms with Crippen LogP contribution in [0.25, 0.3) is 11.2 Å². The molecule has 2 fully saturated rings. The van der Waals surface area contributed by atoms with E-state index in [0.29, 0.717) is 29.9 Å². The summed E-state index contributed by atoms with van der Waals surface area (Å²) in [6.45, 7) is 2.29. The summed E-state index contributed by atoms with van der Waals surface area (Å²) in [5, 5.41) is 34.7. The van der Waals surface area contributed by atoms with Gasteiger partial charge in [-0.3, -0.25) is 0 Å². The van der Waals surface area contributed by atoms with E-state index in [2.05, 4.69) is 48.9 Å². The number of aliphatic hydroxyl groups is 3. The maximum Gasteiger partial charge on any atom is 0.165 e. The third kappa shape index (κ3) is 2.86. The predicted molar refractivity (Wildman–Crippen MR) is 115 cm³/mol. The minimum atomic E-state index is -0.974. The molecule has 0 bridgehead atoms. The highest BCUT2D eigenvalue weighted by Crippen LogP contribution is 2.69. The first kappa shape index (κ1) is 19.2. The fourth-order valence-corrected chi connectivity index (χ4v) is 5.57. The van der Waals surface area contributed by atoms with E-state index in [1.54, 1.807) is 13.3 Å². The van der Waals surface area contributed by atoms with Crippen LogP contribution in [0.5, 0.6) is 0 Å². The molecule has 29 heavy (non-hydrogen) atoms. The van der Waals surface area contributed by atoms with Crippen LogP contribution in [0.15, 0.2) is 36.9 Å². The topological polar surface area (TPSA) is 116 Å². The van der Waals surface area contributed by atoms with Gasteiger partial charge in [0, 0.05) is 15.5 Å². The van der Waals surface area contributed by atoms with Crippen LogP contribution in [0.4, 0.5) is 5.82 Å². The maximum atomic E-state index is 10.7. The normalized spacial score (nSPS) is 31.6. The molecule has 4 N–H and O–H groups in total. The summed E-state index contributed by atoms with van der Waals surface area (Å²) in [7, 11) is 0. The summed E-state index contributed by atoms with van der Waals surface area (Å²) in [5.41, 5.74) is 1.72. The van der Waals surface area contributed by atoms with Crippen molar-refractivity contribution in [3.05, 3.63) is 46.1 Å². The Morgan fingerprint density at radius 3 is 2.86 bits per heavy atom. The third-order valence-electron chi connectivity index (χ3n) is 6.55. The molecule has 2 aliphatic carbocycles. The number of anilines is 1. The van der Waals surface area contributed by atoms with E-state index < -0.39 is 23.7 Å². The average Bonchev–Trinajstić information content (AvgIpc) is 3.24. The van der Waals surface area contributed by atoms with Crippen molar-refractivity contribution in [1.82, 2.24) is 19.5 Å². The highest BCUT2D eigenvalue weighted by Gasteiger charge is 2.73. The lowest BCUT2D eigenvalue weighted by Gasteiger charge is -2.25. The van der Waals surface area contributed by atoms with Crippen LogP contribution in [0.2, 0.25) is 0 Å². The average molecular weight is 507 g/mol. The Kier molecular flexibility index (Phi) is 4.53. The zero-order valence-electron chi connectivity index (χ0n) is 15.8. The molecule has 2 aromatic heterocycles. The Labute approximate surface area is 181 Å². The highest BCUT2D eigenvalue weighted by molar-refractivity contribution is 14.1. The summed E-state index contributed by atoms with van der Waals surface area (Å²) in [6.07, 6.45) is 1.18. The highest BCUT2D eigenvalue weighted by atomic mass is 127. The van der Waals surface area contributed by atoms with Gasteiger partial charge in [-0.05, 0) is 59.5 Å². The number of nitrogens with one attached hydrogen (secondary N) is 1. The number of imidazole rings is 1. The monoisotopic (exact) mass is 507 g/mol. The molecule has 2 saturated carbocycles. The van der Waals surface area contributed by atoms with Gasteiger partial charge in [0.25, 0.3) is 0 Å². The number of benzene rings is 1. The van der Waals surface area contributed by atoms with Gasteiger partial charge in [-0.2, -0.15) is 0 Å². The lowest BCUT2D eigenvalue weighted by atomic mass is 9.94. The van der Waals surface area contributed by atoms with E-state index in [1.807, 2.05) is 22.8 Å². The van der Waals surface area contributed by atoms with E-state index in [4.69, 9.17) is 0 Å². The van der Waals surface area contributed by atoms with Crippen molar-refractivity contribution in [3.8, 4) is 0 Å². The van der Waals surface area contributed by atoms with Gasteiger partial charge in [-0.25, -0.2) is 15.0 Å². The van der Waals surface area contributed by atoms with Gasteiger partial charge in [-0.1, -0.05) is 12.1 Å². The van der Waals surface area contributed by atoms with Crippen molar-refractivity contribution in [1.29, 1.82) is 0 Å². The van der Waals surface area contributed by atoms with Crippen LogP contribution in [-0.2, 0) is 6.54 Å². The minimum absolute atomic E-state index is 0.0114. The Balaban J connectivity index is 1.45. The van der Waals surface area contributed by atoms with Crippen molar-refractivity contribution >= 4 is 39.6 Å². The summed E-state index contributed by atoms with van der Waals surface area (Å²) in [6, 6.07) is 7.83. The number of nitrogens with zero attached hydrogens (tertiary/aromatic N) is 4. The zero-order valence-corrected chi connectivity index (χ0v) is 17.9. The summed E-state index contributed by atoms with van der Waals surface area (Å²) in [5.74, 6) is 0.612. The second-order valence-electron chi connectivity index (χ2n) is 8.05. The van der Waals surface area contributed by atoms with E-state index in [1.165, 1.54) is 9.90 Å². The number of aromatic nitrogens is 4. The first-order chi connectivity index (χ1) is 13.9. The van der Waals surface area contributed by atoms with E-state index in [0.717, 1.165) is 5.56 Å². The number of aliphatic hydroxyl groups excluding tert-OH is 3. The second-order valence-corrected chi connectivity index (χ2v) is 9.30. The zero-order chi connectivity index (χ0) is 20.3. The molecule has 152 valence electrons. The van der Waals surface area contributed by atoms with E-state index >= 15 is 0 Å². The summed E-state index contributed by atoms with van der Waals surface area (Å²) < 4.78 is 2.99. The predicted octanol–water partition coefficient (Wildman–Crippen LogP) is 1.71. The number of rotatable bonds is 5. The smallest absolute Gasteiger partial charge is 0.165 e. The van der Waals surface area contributed by atoms with Crippen molar-refractivity contribution in [3.63, 3.8) is 0 Å². The summed E-state index contributed by atoms with van der Waals surface area (Å²) in [4.78, 5) is 13.2. The first-order valence-corrected chi connectivity index (χ1v) is 10.7. The van der Waals surface area contributed by atoms with Gasteiger partial charge >= 0.3 is 0 Å². The fraction of sp³-hybridized carbons (Fsp3) is 0.450. The van der Waals surface area contributed by atoms with E-state index in [-0.39, 0.29) is 12.0 Å². The largest absolute Gasteiger partial charge is 0.393 e. The molecule has 0 saturated heterocycles. The molecule has 6 unspecified atom stereocenters. The Bertz CT molecular complexity index is 1070. The SMILES string of the molecule is CC(O)C12CC1C(n1cnc3c(NCc4cccc(I)c4)ncnc31)C(O)C2O. The van der Waals surface area contributed by atoms with Gasteiger partial charge in [0.2, 0.25) is 0 Å². The summed E-state index contributed by atoms with van der Waals surface area (Å²) >= 11 is 2.28. The van der Waals surface area contributed by atoms with Gasteiger partial charge in [-0.15, -0.1) is 0 Å². The maximum absolute atomic E-state index is 10.7.